The summed E-state index contributed by atoms with van der Waals surface area (Å²) in [5, 5.41) is 2.63. The fourth-order valence-corrected chi connectivity index (χ4v) is 1.74. The zero-order valence-corrected chi connectivity index (χ0v) is 10.3. The number of alkyl halides is 2. The van der Waals surface area contributed by atoms with Gasteiger partial charge in [-0.05, 0) is 6.42 Å². The van der Waals surface area contributed by atoms with Gasteiger partial charge in [0.1, 0.15) is 12.6 Å². The number of hydrogen-bond acceptors (Lipinski definition) is 3. The molecule has 104 valence electrons. The summed E-state index contributed by atoms with van der Waals surface area (Å²) in [5.41, 5.74) is 0. The van der Waals surface area contributed by atoms with Crippen molar-refractivity contribution in [3.8, 4) is 0 Å². The molecule has 2 amide bonds. The Kier molecular flexibility index (Phi) is 5.97. The van der Waals surface area contributed by atoms with Crippen LogP contribution in [0.2, 0.25) is 0 Å². The van der Waals surface area contributed by atoms with Crippen LogP contribution in [0.1, 0.15) is 19.8 Å². The molecule has 1 aliphatic heterocycles. The Labute approximate surface area is 104 Å². The molecule has 1 heterocycles. The monoisotopic (exact) mass is 264 g/mol. The number of carbonyl (C=O) groups excluding carboxylic acids is 2. The fourth-order valence-electron chi connectivity index (χ4n) is 1.74. The van der Waals surface area contributed by atoms with Gasteiger partial charge in [-0.3, -0.25) is 9.59 Å². The van der Waals surface area contributed by atoms with Gasteiger partial charge in [-0.25, -0.2) is 8.78 Å². The lowest BCUT2D eigenvalue weighted by Crippen LogP contribution is -2.45. The molecular formula is C11H18F2N2O3. The van der Waals surface area contributed by atoms with Gasteiger partial charge in [-0.15, -0.1) is 0 Å². The third-order valence-corrected chi connectivity index (χ3v) is 2.71. The zero-order valence-electron chi connectivity index (χ0n) is 10.3. The van der Waals surface area contributed by atoms with Gasteiger partial charge in [0.25, 0.3) is 6.43 Å². The molecule has 0 spiro atoms. The lowest BCUT2D eigenvalue weighted by molar-refractivity contribution is -0.134. The van der Waals surface area contributed by atoms with E-state index in [1.807, 2.05) is 0 Å². The summed E-state index contributed by atoms with van der Waals surface area (Å²) >= 11 is 0. The molecule has 0 radical (unpaired) electrons. The van der Waals surface area contributed by atoms with Crippen molar-refractivity contribution < 1.29 is 23.1 Å². The van der Waals surface area contributed by atoms with Crippen LogP contribution >= 0.6 is 0 Å². The number of carbonyl (C=O) groups is 2. The van der Waals surface area contributed by atoms with Crippen LogP contribution in [-0.2, 0) is 14.3 Å². The quantitative estimate of drug-likeness (QED) is 0.706. The summed E-state index contributed by atoms with van der Waals surface area (Å²) in [6.45, 7) is 1.77. The maximum atomic E-state index is 12.0. The number of halogens is 2. The predicted octanol–water partition coefficient (Wildman–Crippen LogP) is 0.395. The van der Waals surface area contributed by atoms with E-state index >= 15 is 0 Å². The Hall–Kier alpha value is -1.24. The van der Waals surface area contributed by atoms with E-state index in [2.05, 4.69) is 5.32 Å². The van der Waals surface area contributed by atoms with Crippen molar-refractivity contribution in [1.29, 1.82) is 0 Å². The van der Waals surface area contributed by atoms with Gasteiger partial charge in [-0.1, -0.05) is 6.92 Å². The van der Waals surface area contributed by atoms with Crippen molar-refractivity contribution >= 4 is 11.8 Å². The van der Waals surface area contributed by atoms with E-state index in [0.717, 1.165) is 0 Å². The number of ether oxygens (including phenoxy) is 1. The molecule has 1 N–H and O–H groups in total. The van der Waals surface area contributed by atoms with E-state index in [0.29, 0.717) is 13.0 Å². The third-order valence-electron chi connectivity index (χ3n) is 2.71. The predicted molar refractivity (Wildman–Crippen MR) is 60.2 cm³/mol. The molecule has 1 unspecified atom stereocenters. The second-order valence-corrected chi connectivity index (χ2v) is 4.07. The van der Waals surface area contributed by atoms with Gasteiger partial charge >= 0.3 is 0 Å². The summed E-state index contributed by atoms with van der Waals surface area (Å²) in [5.74, 6) is -0.338. The first kappa shape index (κ1) is 14.8. The van der Waals surface area contributed by atoms with Crippen LogP contribution in [0.4, 0.5) is 8.78 Å². The minimum atomic E-state index is -2.50. The first-order valence-corrected chi connectivity index (χ1v) is 5.98. The third kappa shape index (κ3) is 4.56. The lowest BCUT2D eigenvalue weighted by Gasteiger charge is -2.23. The summed E-state index contributed by atoms with van der Waals surface area (Å²) in [7, 11) is 0. The van der Waals surface area contributed by atoms with Crippen molar-refractivity contribution in [2.75, 3.05) is 26.3 Å². The molecule has 5 nitrogen and oxygen atoms in total. The highest BCUT2D eigenvalue weighted by atomic mass is 19.3. The number of nitrogens with one attached hydrogen (secondary N) is 1. The second-order valence-electron chi connectivity index (χ2n) is 4.07. The molecule has 1 atom stereocenters. The highest BCUT2D eigenvalue weighted by Gasteiger charge is 2.28. The first-order valence-electron chi connectivity index (χ1n) is 5.98. The average molecular weight is 264 g/mol. The molecule has 0 aromatic carbocycles. The van der Waals surface area contributed by atoms with Gasteiger partial charge in [-0.2, -0.15) is 0 Å². The maximum absolute atomic E-state index is 12.0. The zero-order chi connectivity index (χ0) is 13.5. The molecule has 0 saturated carbocycles. The molecule has 1 aliphatic rings. The summed E-state index contributed by atoms with van der Waals surface area (Å²) in [4.78, 5) is 24.8. The molecule has 7 heteroatoms. The van der Waals surface area contributed by atoms with Gasteiger partial charge < -0.3 is 15.0 Å². The molecule has 0 bridgehead atoms. The van der Waals surface area contributed by atoms with E-state index in [1.54, 1.807) is 6.92 Å². The smallest absolute Gasteiger partial charge is 0.261 e. The van der Waals surface area contributed by atoms with E-state index < -0.39 is 19.1 Å². The maximum Gasteiger partial charge on any atom is 0.261 e. The highest BCUT2D eigenvalue weighted by molar-refractivity contribution is 5.89. The SMILES string of the molecule is CCC1NC(=O)CCN(CCOCC(F)F)C1=O. The van der Waals surface area contributed by atoms with Crippen molar-refractivity contribution in [3.05, 3.63) is 0 Å². The number of hydrogen-bond donors (Lipinski definition) is 1. The minimum absolute atomic E-state index is 0.0563. The summed E-state index contributed by atoms with van der Waals surface area (Å²) < 4.78 is 28.4. The lowest BCUT2D eigenvalue weighted by atomic mass is 10.2. The second kappa shape index (κ2) is 7.25. The molecule has 1 saturated heterocycles. The summed E-state index contributed by atoms with van der Waals surface area (Å²) in [6, 6.07) is -0.518. The van der Waals surface area contributed by atoms with Crippen molar-refractivity contribution in [1.82, 2.24) is 10.2 Å². The van der Waals surface area contributed by atoms with Crippen molar-refractivity contribution in [2.24, 2.45) is 0 Å². The Bertz CT molecular complexity index is 300. The Morgan fingerprint density at radius 1 is 1.50 bits per heavy atom. The van der Waals surface area contributed by atoms with Crippen LogP contribution < -0.4 is 5.32 Å². The molecule has 1 fully saturated rings. The average Bonchev–Trinajstić information content (AvgIpc) is 2.46. The topological polar surface area (TPSA) is 58.6 Å². The molecule has 1 rings (SSSR count). The number of amides is 2. The standard InChI is InChI=1S/C11H18F2N2O3/c1-2-8-11(17)15(4-3-10(16)14-8)5-6-18-7-9(12)13/h8-9H,2-7H2,1H3,(H,14,16). The Balaban J connectivity index is 2.42. The minimum Gasteiger partial charge on any atom is -0.374 e. The van der Waals surface area contributed by atoms with Crippen LogP contribution in [0.25, 0.3) is 0 Å². The normalized spacial score (nSPS) is 21.1. The molecular weight excluding hydrogens is 246 g/mol. The fraction of sp³-hybridized carbons (Fsp3) is 0.818. The van der Waals surface area contributed by atoms with Crippen molar-refractivity contribution in [3.63, 3.8) is 0 Å². The van der Waals surface area contributed by atoms with Gasteiger partial charge in [0, 0.05) is 19.5 Å². The molecule has 0 aliphatic carbocycles. The van der Waals surface area contributed by atoms with Crippen LogP contribution in [0, 0.1) is 0 Å². The van der Waals surface area contributed by atoms with Crippen LogP contribution in [0.3, 0.4) is 0 Å². The molecule has 18 heavy (non-hydrogen) atoms. The van der Waals surface area contributed by atoms with Crippen LogP contribution in [0.5, 0.6) is 0 Å². The largest absolute Gasteiger partial charge is 0.374 e. The van der Waals surface area contributed by atoms with E-state index in [9.17, 15) is 18.4 Å². The van der Waals surface area contributed by atoms with Gasteiger partial charge in [0.15, 0.2) is 0 Å². The van der Waals surface area contributed by atoms with Crippen LogP contribution in [-0.4, -0.2) is 55.5 Å². The van der Waals surface area contributed by atoms with Crippen molar-refractivity contribution in [2.45, 2.75) is 32.2 Å². The molecule has 0 aromatic heterocycles. The van der Waals surface area contributed by atoms with E-state index in [-0.39, 0.29) is 31.4 Å². The van der Waals surface area contributed by atoms with E-state index in [4.69, 9.17) is 4.74 Å². The summed E-state index contributed by atoms with van der Waals surface area (Å²) in [6.07, 6.45) is -1.76. The van der Waals surface area contributed by atoms with Crippen LogP contribution in [0.15, 0.2) is 0 Å². The van der Waals surface area contributed by atoms with Gasteiger partial charge in [0.2, 0.25) is 11.8 Å². The number of nitrogens with zero attached hydrogens (tertiary/aromatic N) is 1. The Morgan fingerprint density at radius 3 is 2.83 bits per heavy atom. The number of rotatable bonds is 6. The molecule has 0 aromatic rings. The highest BCUT2D eigenvalue weighted by Crippen LogP contribution is 2.06. The Morgan fingerprint density at radius 2 is 2.22 bits per heavy atom. The van der Waals surface area contributed by atoms with E-state index in [1.165, 1.54) is 4.90 Å². The first-order chi connectivity index (χ1) is 8.54. The van der Waals surface area contributed by atoms with Gasteiger partial charge in [0.05, 0.1) is 6.61 Å².